The molecule has 1 aliphatic heterocycles. The lowest BCUT2D eigenvalue weighted by Gasteiger charge is -2.27. The molecule has 1 N–H and O–H groups in total. The number of hydrogen-bond donors (Lipinski definition) is 1. The fraction of sp³-hybridized carbons (Fsp3) is 0.471. The Hall–Kier alpha value is -1.81. The molecule has 0 saturated carbocycles. The summed E-state index contributed by atoms with van der Waals surface area (Å²) in [6.07, 6.45) is 0.995. The monoisotopic (exact) mass is 286 g/mol. The third-order valence-corrected chi connectivity index (χ3v) is 4.48. The van der Waals surface area contributed by atoms with E-state index in [9.17, 15) is 9.90 Å². The molecule has 3 rings (SSSR count). The molecule has 2 heterocycles. The summed E-state index contributed by atoms with van der Waals surface area (Å²) in [5, 5.41) is 10.6. The standard InChI is InChI=1S/C17H22N2O2/c1-4-18-9-8-15-14(10-18)12-6-5-7-13(17(20)21)16(12)19(15)11(2)3/h5-7,11H,4,8-10H2,1-3H3,(H,20,21). The van der Waals surface area contributed by atoms with Crippen LogP contribution in [-0.2, 0) is 13.0 Å². The molecule has 0 radical (unpaired) electrons. The second-order valence-electron chi connectivity index (χ2n) is 6.01. The van der Waals surface area contributed by atoms with Gasteiger partial charge in [0.25, 0.3) is 0 Å². The lowest BCUT2D eigenvalue weighted by molar-refractivity contribution is 0.0698. The first-order valence-corrected chi connectivity index (χ1v) is 7.64. The van der Waals surface area contributed by atoms with Gasteiger partial charge in [-0.05, 0) is 32.0 Å². The fourth-order valence-corrected chi connectivity index (χ4v) is 3.51. The van der Waals surface area contributed by atoms with Gasteiger partial charge in [-0.1, -0.05) is 19.1 Å². The van der Waals surface area contributed by atoms with E-state index in [4.69, 9.17) is 0 Å². The minimum Gasteiger partial charge on any atom is -0.478 e. The van der Waals surface area contributed by atoms with E-state index in [1.54, 1.807) is 6.07 Å². The maximum absolute atomic E-state index is 11.6. The minimum absolute atomic E-state index is 0.268. The van der Waals surface area contributed by atoms with Gasteiger partial charge in [-0.2, -0.15) is 0 Å². The molecule has 2 aromatic rings. The Balaban J connectivity index is 2.33. The smallest absolute Gasteiger partial charge is 0.337 e. The number of carboxylic acids is 1. The highest BCUT2D eigenvalue weighted by molar-refractivity contribution is 6.04. The molecule has 0 bridgehead atoms. The van der Waals surface area contributed by atoms with E-state index in [1.165, 1.54) is 11.3 Å². The zero-order valence-corrected chi connectivity index (χ0v) is 12.9. The molecule has 4 heteroatoms. The van der Waals surface area contributed by atoms with Crippen molar-refractivity contribution in [1.82, 2.24) is 9.47 Å². The van der Waals surface area contributed by atoms with Crippen LogP contribution in [-0.4, -0.2) is 33.6 Å². The van der Waals surface area contributed by atoms with Gasteiger partial charge < -0.3 is 9.67 Å². The molecule has 1 aromatic carbocycles. The number of carboxylic acid groups (broad SMARTS) is 1. The van der Waals surface area contributed by atoms with Crippen molar-refractivity contribution in [3.05, 3.63) is 35.0 Å². The molecule has 0 saturated heterocycles. The highest BCUT2D eigenvalue weighted by Crippen LogP contribution is 2.35. The summed E-state index contributed by atoms with van der Waals surface area (Å²) in [5.74, 6) is -0.843. The topological polar surface area (TPSA) is 45.5 Å². The van der Waals surface area contributed by atoms with Crippen molar-refractivity contribution < 1.29 is 9.90 Å². The number of hydrogen-bond acceptors (Lipinski definition) is 2. The van der Waals surface area contributed by atoms with E-state index in [1.807, 2.05) is 6.07 Å². The predicted molar refractivity (Wildman–Crippen MR) is 83.9 cm³/mol. The van der Waals surface area contributed by atoms with Crippen LogP contribution in [0.4, 0.5) is 0 Å². The molecule has 112 valence electrons. The summed E-state index contributed by atoms with van der Waals surface area (Å²) in [7, 11) is 0. The van der Waals surface area contributed by atoms with Crippen LogP contribution >= 0.6 is 0 Å². The molecule has 1 aliphatic rings. The van der Waals surface area contributed by atoms with E-state index >= 15 is 0 Å². The van der Waals surface area contributed by atoms with Crippen molar-refractivity contribution in [2.24, 2.45) is 0 Å². The number of aromatic carboxylic acids is 1. The molecule has 0 spiro atoms. The number of carbonyl (C=O) groups is 1. The SMILES string of the molecule is CCN1CCc2c(c3cccc(C(=O)O)c3n2C(C)C)C1. The van der Waals surface area contributed by atoms with Crippen LogP contribution in [0.5, 0.6) is 0 Å². The number of fused-ring (bicyclic) bond motifs is 3. The summed E-state index contributed by atoms with van der Waals surface area (Å²) in [6.45, 7) is 9.44. The van der Waals surface area contributed by atoms with Crippen molar-refractivity contribution in [2.75, 3.05) is 13.1 Å². The number of likely N-dealkylation sites (N-methyl/N-ethyl adjacent to an activating group) is 1. The highest BCUT2D eigenvalue weighted by Gasteiger charge is 2.26. The molecule has 0 aliphatic carbocycles. The van der Waals surface area contributed by atoms with E-state index in [0.717, 1.165) is 37.0 Å². The molecule has 0 amide bonds. The molecule has 4 nitrogen and oxygen atoms in total. The Morgan fingerprint density at radius 1 is 1.38 bits per heavy atom. The first kappa shape index (κ1) is 14.1. The van der Waals surface area contributed by atoms with Gasteiger partial charge in [0.05, 0.1) is 11.1 Å². The van der Waals surface area contributed by atoms with E-state index < -0.39 is 5.97 Å². The molecular formula is C17H22N2O2. The first-order chi connectivity index (χ1) is 10.0. The van der Waals surface area contributed by atoms with Crippen LogP contribution in [0.3, 0.4) is 0 Å². The quantitative estimate of drug-likeness (QED) is 0.941. The molecule has 0 atom stereocenters. The van der Waals surface area contributed by atoms with E-state index in [0.29, 0.717) is 5.56 Å². The summed E-state index contributed by atoms with van der Waals surface area (Å²) in [4.78, 5) is 14.0. The average Bonchev–Trinajstić information content (AvgIpc) is 2.80. The number of nitrogens with zero attached hydrogens (tertiary/aromatic N) is 2. The van der Waals surface area contributed by atoms with E-state index in [-0.39, 0.29) is 6.04 Å². The van der Waals surface area contributed by atoms with Crippen LogP contribution in [0.25, 0.3) is 10.9 Å². The van der Waals surface area contributed by atoms with Gasteiger partial charge in [0.2, 0.25) is 0 Å². The summed E-state index contributed by atoms with van der Waals surface area (Å²) >= 11 is 0. The Bertz CT molecular complexity index is 700. The summed E-state index contributed by atoms with van der Waals surface area (Å²) in [5.41, 5.74) is 3.94. The van der Waals surface area contributed by atoms with Gasteiger partial charge >= 0.3 is 5.97 Å². The number of benzene rings is 1. The van der Waals surface area contributed by atoms with Crippen molar-refractivity contribution in [2.45, 2.75) is 39.8 Å². The lowest BCUT2D eigenvalue weighted by atomic mass is 10.0. The van der Waals surface area contributed by atoms with Crippen molar-refractivity contribution in [1.29, 1.82) is 0 Å². The van der Waals surface area contributed by atoms with Crippen LogP contribution in [0.2, 0.25) is 0 Å². The molecule has 0 unspecified atom stereocenters. The zero-order valence-electron chi connectivity index (χ0n) is 12.9. The molecule has 21 heavy (non-hydrogen) atoms. The number of rotatable bonds is 3. The van der Waals surface area contributed by atoms with Crippen LogP contribution in [0, 0.1) is 0 Å². The molecule has 1 aromatic heterocycles. The normalized spacial score (nSPS) is 15.6. The van der Waals surface area contributed by atoms with Gasteiger partial charge in [0.15, 0.2) is 0 Å². The predicted octanol–water partition coefficient (Wildman–Crippen LogP) is 3.30. The first-order valence-electron chi connectivity index (χ1n) is 7.64. The van der Waals surface area contributed by atoms with Crippen LogP contribution in [0.15, 0.2) is 18.2 Å². The van der Waals surface area contributed by atoms with Crippen molar-refractivity contribution in [3.63, 3.8) is 0 Å². The van der Waals surface area contributed by atoms with Gasteiger partial charge in [0.1, 0.15) is 0 Å². The van der Waals surface area contributed by atoms with Crippen molar-refractivity contribution >= 4 is 16.9 Å². The van der Waals surface area contributed by atoms with Crippen LogP contribution < -0.4 is 0 Å². The van der Waals surface area contributed by atoms with Crippen molar-refractivity contribution in [3.8, 4) is 0 Å². The third kappa shape index (κ3) is 2.14. The Morgan fingerprint density at radius 2 is 2.14 bits per heavy atom. The van der Waals surface area contributed by atoms with E-state index in [2.05, 4.69) is 36.3 Å². The van der Waals surface area contributed by atoms with Gasteiger partial charge in [-0.3, -0.25) is 4.90 Å². The Morgan fingerprint density at radius 3 is 2.76 bits per heavy atom. The Kier molecular flexibility index (Phi) is 3.49. The molecule has 0 fully saturated rings. The largest absolute Gasteiger partial charge is 0.478 e. The Labute approximate surface area is 125 Å². The maximum atomic E-state index is 11.6. The van der Waals surface area contributed by atoms with Gasteiger partial charge in [-0.25, -0.2) is 4.79 Å². The lowest BCUT2D eigenvalue weighted by Crippen LogP contribution is -2.31. The third-order valence-electron chi connectivity index (χ3n) is 4.48. The highest BCUT2D eigenvalue weighted by atomic mass is 16.4. The summed E-state index contributed by atoms with van der Waals surface area (Å²) in [6, 6.07) is 5.91. The fourth-order valence-electron chi connectivity index (χ4n) is 3.51. The molecular weight excluding hydrogens is 264 g/mol. The average molecular weight is 286 g/mol. The second kappa shape index (κ2) is 5.19. The number of para-hydroxylation sites is 1. The van der Waals surface area contributed by atoms with Gasteiger partial charge in [0, 0.05) is 36.6 Å². The van der Waals surface area contributed by atoms with Crippen LogP contribution in [0.1, 0.15) is 48.4 Å². The van der Waals surface area contributed by atoms with Gasteiger partial charge in [-0.15, -0.1) is 0 Å². The number of aromatic nitrogens is 1. The second-order valence-corrected chi connectivity index (χ2v) is 6.01. The zero-order chi connectivity index (χ0) is 15.1. The summed E-state index contributed by atoms with van der Waals surface area (Å²) < 4.78 is 2.24. The maximum Gasteiger partial charge on any atom is 0.337 e. The minimum atomic E-state index is -0.843.